The van der Waals surface area contributed by atoms with Gasteiger partial charge in [0.1, 0.15) is 23.7 Å². The fourth-order valence-corrected chi connectivity index (χ4v) is 3.04. The molecular formula is C22H17ClN2O5. The Bertz CT molecular complexity index is 1120. The summed E-state index contributed by atoms with van der Waals surface area (Å²) in [7, 11) is 1.49. The number of benzene rings is 2. The van der Waals surface area contributed by atoms with Crippen LogP contribution in [0.15, 0.2) is 42.0 Å². The normalized spacial score (nSPS) is 15.1. The summed E-state index contributed by atoms with van der Waals surface area (Å²) in [6.07, 6.45) is 6.59. The predicted octanol–water partition coefficient (Wildman–Crippen LogP) is 3.34. The van der Waals surface area contributed by atoms with Crippen molar-refractivity contribution < 1.29 is 23.9 Å². The number of methoxy groups -OCH3 is 1. The van der Waals surface area contributed by atoms with Crippen LogP contribution in [0.1, 0.15) is 11.1 Å². The van der Waals surface area contributed by atoms with E-state index in [0.717, 1.165) is 4.90 Å². The van der Waals surface area contributed by atoms with Crippen LogP contribution < -0.4 is 19.7 Å². The van der Waals surface area contributed by atoms with Crippen molar-refractivity contribution in [2.45, 2.75) is 6.92 Å². The molecule has 152 valence electrons. The van der Waals surface area contributed by atoms with Gasteiger partial charge in [0.2, 0.25) is 0 Å². The number of carbonyl (C=O) groups excluding carboxylic acids is 3. The fourth-order valence-electron chi connectivity index (χ4n) is 2.88. The first kappa shape index (κ1) is 21.0. The van der Waals surface area contributed by atoms with Crippen LogP contribution in [-0.2, 0) is 9.59 Å². The Morgan fingerprint density at radius 1 is 1.23 bits per heavy atom. The number of anilines is 1. The smallest absolute Gasteiger partial charge is 0.335 e. The van der Waals surface area contributed by atoms with Crippen LogP contribution in [0, 0.1) is 19.3 Å². The maximum atomic E-state index is 13.1. The second-order valence-corrected chi connectivity index (χ2v) is 6.65. The number of imide groups is 2. The molecule has 0 saturated carbocycles. The topological polar surface area (TPSA) is 84.9 Å². The van der Waals surface area contributed by atoms with E-state index in [9.17, 15) is 14.4 Å². The molecule has 8 heteroatoms. The number of rotatable bonds is 5. The molecule has 1 saturated heterocycles. The zero-order valence-corrected chi connectivity index (χ0v) is 16.9. The molecule has 0 aromatic heterocycles. The first-order chi connectivity index (χ1) is 14.4. The Hall–Kier alpha value is -3.76. The van der Waals surface area contributed by atoms with E-state index >= 15 is 0 Å². The Labute approximate surface area is 178 Å². The van der Waals surface area contributed by atoms with Crippen LogP contribution in [0.25, 0.3) is 6.08 Å². The van der Waals surface area contributed by atoms with Gasteiger partial charge in [-0.25, -0.2) is 9.69 Å². The van der Waals surface area contributed by atoms with E-state index in [1.54, 1.807) is 43.3 Å². The number of nitrogens with one attached hydrogen (secondary N) is 1. The van der Waals surface area contributed by atoms with Crippen LogP contribution in [-0.4, -0.2) is 31.6 Å². The molecule has 2 aromatic carbocycles. The quantitative estimate of drug-likeness (QED) is 0.452. The lowest BCUT2D eigenvalue weighted by atomic mass is 10.0. The lowest BCUT2D eigenvalue weighted by molar-refractivity contribution is -0.122. The average Bonchev–Trinajstić information content (AvgIpc) is 2.72. The van der Waals surface area contributed by atoms with Gasteiger partial charge in [-0.1, -0.05) is 23.6 Å². The number of amides is 4. The Morgan fingerprint density at radius 3 is 2.70 bits per heavy atom. The van der Waals surface area contributed by atoms with Gasteiger partial charge in [0.15, 0.2) is 0 Å². The number of nitrogens with zero attached hydrogens (tertiary/aromatic N) is 1. The molecule has 1 fully saturated rings. The lowest BCUT2D eigenvalue weighted by Gasteiger charge is -2.27. The molecule has 30 heavy (non-hydrogen) atoms. The predicted molar refractivity (Wildman–Crippen MR) is 113 cm³/mol. The highest BCUT2D eigenvalue weighted by molar-refractivity contribution is 6.40. The summed E-state index contributed by atoms with van der Waals surface area (Å²) in [5.74, 6) is 1.58. The zero-order chi connectivity index (χ0) is 21.8. The van der Waals surface area contributed by atoms with E-state index in [1.807, 2.05) is 0 Å². The van der Waals surface area contributed by atoms with E-state index in [-0.39, 0.29) is 17.9 Å². The molecule has 7 nitrogen and oxygen atoms in total. The molecule has 1 heterocycles. The van der Waals surface area contributed by atoms with Gasteiger partial charge in [-0.15, -0.1) is 6.42 Å². The highest BCUT2D eigenvalue weighted by Crippen LogP contribution is 2.31. The van der Waals surface area contributed by atoms with Crippen molar-refractivity contribution in [1.82, 2.24) is 5.32 Å². The fraction of sp³-hybridized carbons (Fsp3) is 0.136. The molecule has 1 aliphatic heterocycles. The van der Waals surface area contributed by atoms with Crippen LogP contribution in [0.2, 0.25) is 5.02 Å². The van der Waals surface area contributed by atoms with Crippen molar-refractivity contribution in [2.24, 2.45) is 0 Å². The second kappa shape index (κ2) is 8.72. The van der Waals surface area contributed by atoms with E-state index in [0.29, 0.717) is 27.6 Å². The summed E-state index contributed by atoms with van der Waals surface area (Å²) in [4.78, 5) is 38.8. The van der Waals surface area contributed by atoms with Crippen LogP contribution in [0.5, 0.6) is 11.5 Å². The molecule has 4 amide bonds. The van der Waals surface area contributed by atoms with Gasteiger partial charge in [-0.3, -0.25) is 14.9 Å². The molecule has 0 radical (unpaired) electrons. The van der Waals surface area contributed by atoms with Crippen LogP contribution in [0.3, 0.4) is 0 Å². The van der Waals surface area contributed by atoms with E-state index in [4.69, 9.17) is 27.5 Å². The largest absolute Gasteiger partial charge is 0.497 e. The van der Waals surface area contributed by atoms with Gasteiger partial charge < -0.3 is 9.47 Å². The monoisotopic (exact) mass is 424 g/mol. The number of carbonyl (C=O) groups is 3. The van der Waals surface area contributed by atoms with Crippen molar-refractivity contribution in [3.05, 3.63) is 58.1 Å². The highest BCUT2D eigenvalue weighted by atomic mass is 35.5. The SMILES string of the molecule is C#CCOc1cc(OC)ccc1/C=C1\C(=O)NC(=O)N(c2cccc(Cl)c2C)C1=O. The van der Waals surface area contributed by atoms with Gasteiger partial charge in [0.05, 0.1) is 12.8 Å². The molecule has 1 aliphatic rings. The molecule has 0 spiro atoms. The molecule has 3 rings (SSSR count). The first-order valence-electron chi connectivity index (χ1n) is 8.78. The van der Waals surface area contributed by atoms with Gasteiger partial charge in [0.25, 0.3) is 11.8 Å². The number of hydrogen-bond acceptors (Lipinski definition) is 5. The summed E-state index contributed by atoms with van der Waals surface area (Å²) in [5, 5.41) is 2.56. The van der Waals surface area contributed by atoms with Crippen molar-refractivity contribution in [3.8, 4) is 23.8 Å². The lowest BCUT2D eigenvalue weighted by Crippen LogP contribution is -2.54. The van der Waals surface area contributed by atoms with E-state index in [2.05, 4.69) is 11.2 Å². The third-order valence-electron chi connectivity index (χ3n) is 4.41. The third kappa shape index (κ3) is 4.00. The number of barbiturate groups is 1. The standard InChI is InChI=1S/C22H17ClN2O5/c1-4-10-30-19-12-15(29-3)9-8-14(19)11-16-20(26)24-22(28)25(21(16)27)18-7-5-6-17(23)13(18)2/h1,5-9,11-12H,10H2,2-3H3,(H,24,26,28)/b16-11+. The summed E-state index contributed by atoms with van der Waals surface area (Å²) >= 11 is 6.13. The summed E-state index contributed by atoms with van der Waals surface area (Å²) < 4.78 is 10.7. The average molecular weight is 425 g/mol. The maximum Gasteiger partial charge on any atom is 0.335 e. The van der Waals surface area contributed by atoms with Crippen molar-refractivity contribution >= 4 is 41.2 Å². The van der Waals surface area contributed by atoms with E-state index in [1.165, 1.54) is 13.2 Å². The minimum absolute atomic E-state index is 0.0181. The minimum atomic E-state index is -0.856. The Balaban J connectivity index is 2.07. The van der Waals surface area contributed by atoms with Gasteiger partial charge in [-0.05, 0) is 42.8 Å². The summed E-state index contributed by atoms with van der Waals surface area (Å²) in [6, 6.07) is 8.81. The van der Waals surface area contributed by atoms with Gasteiger partial charge in [0, 0.05) is 16.7 Å². The number of terminal acetylenes is 1. The minimum Gasteiger partial charge on any atom is -0.497 e. The first-order valence-corrected chi connectivity index (χ1v) is 9.16. The molecule has 1 N–H and O–H groups in total. The highest BCUT2D eigenvalue weighted by Gasteiger charge is 2.37. The van der Waals surface area contributed by atoms with Crippen LogP contribution in [0.4, 0.5) is 10.5 Å². The molecule has 2 aromatic rings. The summed E-state index contributed by atoms with van der Waals surface area (Å²) in [5.41, 5.74) is 0.979. The van der Waals surface area contributed by atoms with Gasteiger partial charge in [-0.2, -0.15) is 0 Å². The number of hydrogen-bond donors (Lipinski definition) is 1. The summed E-state index contributed by atoms with van der Waals surface area (Å²) in [6.45, 7) is 1.66. The van der Waals surface area contributed by atoms with Crippen molar-refractivity contribution in [1.29, 1.82) is 0 Å². The molecule has 0 aliphatic carbocycles. The maximum absolute atomic E-state index is 13.1. The van der Waals surface area contributed by atoms with Crippen molar-refractivity contribution in [3.63, 3.8) is 0 Å². The molecule has 0 bridgehead atoms. The van der Waals surface area contributed by atoms with Crippen LogP contribution >= 0.6 is 11.6 Å². The molecule has 0 unspecified atom stereocenters. The Morgan fingerprint density at radius 2 is 2.00 bits per heavy atom. The molecule has 0 atom stereocenters. The molecular weight excluding hydrogens is 408 g/mol. The number of urea groups is 1. The van der Waals surface area contributed by atoms with Crippen molar-refractivity contribution in [2.75, 3.05) is 18.6 Å². The third-order valence-corrected chi connectivity index (χ3v) is 4.82. The van der Waals surface area contributed by atoms with E-state index < -0.39 is 17.8 Å². The second-order valence-electron chi connectivity index (χ2n) is 6.24. The van der Waals surface area contributed by atoms with Gasteiger partial charge >= 0.3 is 6.03 Å². The zero-order valence-electron chi connectivity index (χ0n) is 16.2. The Kier molecular flexibility index (Phi) is 6.09. The number of ether oxygens (including phenoxy) is 2. The number of halogens is 1.